The van der Waals surface area contributed by atoms with Gasteiger partial charge in [0, 0.05) is 11.1 Å². The predicted molar refractivity (Wildman–Crippen MR) is 87.2 cm³/mol. The third kappa shape index (κ3) is 5.02. The van der Waals surface area contributed by atoms with E-state index in [0.717, 1.165) is 17.5 Å². The van der Waals surface area contributed by atoms with Crippen molar-refractivity contribution in [3.63, 3.8) is 0 Å². The average Bonchev–Trinajstić information content (AvgIpc) is 2.45. The van der Waals surface area contributed by atoms with Crippen molar-refractivity contribution in [3.8, 4) is 0 Å². The van der Waals surface area contributed by atoms with E-state index in [-0.39, 0.29) is 0 Å². The standard InChI is InChI=1S/C16H24ClNS/c1-2-9-18-16(12-13-7-10-19-11-8-13)14-3-5-15(17)6-4-14/h3-6,13,16,18H,2,7-12H2,1H3. The molecule has 3 heteroatoms. The highest BCUT2D eigenvalue weighted by atomic mass is 35.5. The SMILES string of the molecule is CCCNC(CC1CCSCC1)c1ccc(Cl)cc1. The van der Waals surface area contributed by atoms with Crippen LogP contribution in [0, 0.1) is 5.92 Å². The lowest BCUT2D eigenvalue weighted by atomic mass is 9.90. The number of benzene rings is 1. The first-order valence-corrected chi connectivity index (χ1v) is 8.89. The Kier molecular flexibility index (Phi) is 6.55. The molecule has 1 atom stereocenters. The molecule has 106 valence electrons. The number of rotatable bonds is 6. The highest BCUT2D eigenvalue weighted by Gasteiger charge is 2.19. The molecule has 0 bridgehead atoms. The summed E-state index contributed by atoms with van der Waals surface area (Å²) < 4.78 is 0. The second-order valence-electron chi connectivity index (χ2n) is 5.35. The van der Waals surface area contributed by atoms with Crippen LogP contribution in [0.2, 0.25) is 5.02 Å². The van der Waals surface area contributed by atoms with Crippen LogP contribution in [-0.4, -0.2) is 18.1 Å². The lowest BCUT2D eigenvalue weighted by Crippen LogP contribution is -2.25. The summed E-state index contributed by atoms with van der Waals surface area (Å²) in [5.41, 5.74) is 1.39. The van der Waals surface area contributed by atoms with Crippen molar-refractivity contribution >= 4 is 23.4 Å². The molecule has 1 aromatic rings. The van der Waals surface area contributed by atoms with Crippen LogP contribution in [0.3, 0.4) is 0 Å². The smallest absolute Gasteiger partial charge is 0.0406 e. The maximum atomic E-state index is 5.99. The summed E-state index contributed by atoms with van der Waals surface area (Å²) in [6, 6.07) is 8.86. The molecule has 0 amide bonds. The van der Waals surface area contributed by atoms with E-state index in [4.69, 9.17) is 11.6 Å². The molecule has 1 fully saturated rings. The van der Waals surface area contributed by atoms with Crippen LogP contribution < -0.4 is 5.32 Å². The van der Waals surface area contributed by atoms with Crippen molar-refractivity contribution in [2.45, 2.75) is 38.6 Å². The lowest BCUT2D eigenvalue weighted by Gasteiger charge is -2.27. The van der Waals surface area contributed by atoms with Gasteiger partial charge >= 0.3 is 0 Å². The van der Waals surface area contributed by atoms with Gasteiger partial charge in [-0.25, -0.2) is 0 Å². The van der Waals surface area contributed by atoms with E-state index >= 15 is 0 Å². The van der Waals surface area contributed by atoms with Crippen molar-refractivity contribution in [1.82, 2.24) is 5.32 Å². The molecule has 1 aromatic carbocycles. The number of hydrogen-bond acceptors (Lipinski definition) is 2. The first kappa shape index (κ1) is 15.2. The molecule has 1 N–H and O–H groups in total. The molecule has 0 spiro atoms. The molecule has 1 heterocycles. The monoisotopic (exact) mass is 297 g/mol. The molecule has 1 aliphatic heterocycles. The van der Waals surface area contributed by atoms with Crippen molar-refractivity contribution in [1.29, 1.82) is 0 Å². The van der Waals surface area contributed by atoms with E-state index in [1.807, 2.05) is 12.1 Å². The summed E-state index contributed by atoms with van der Waals surface area (Å²) in [6.45, 7) is 3.32. The maximum Gasteiger partial charge on any atom is 0.0406 e. The topological polar surface area (TPSA) is 12.0 Å². The molecule has 1 aliphatic rings. The van der Waals surface area contributed by atoms with E-state index in [1.165, 1.54) is 42.8 Å². The minimum absolute atomic E-state index is 0.491. The van der Waals surface area contributed by atoms with E-state index in [2.05, 4.69) is 36.1 Å². The van der Waals surface area contributed by atoms with Crippen molar-refractivity contribution in [2.75, 3.05) is 18.1 Å². The molecule has 0 radical (unpaired) electrons. The Morgan fingerprint density at radius 2 is 1.95 bits per heavy atom. The maximum absolute atomic E-state index is 5.99. The van der Waals surface area contributed by atoms with Crippen LogP contribution in [0.4, 0.5) is 0 Å². The normalized spacial score (nSPS) is 18.4. The number of nitrogens with one attached hydrogen (secondary N) is 1. The van der Waals surface area contributed by atoms with Gasteiger partial charge in [0.2, 0.25) is 0 Å². The first-order chi connectivity index (χ1) is 9.29. The fraction of sp³-hybridized carbons (Fsp3) is 0.625. The molecule has 1 saturated heterocycles. The number of thioether (sulfide) groups is 1. The highest BCUT2D eigenvalue weighted by molar-refractivity contribution is 7.99. The highest BCUT2D eigenvalue weighted by Crippen LogP contribution is 2.31. The minimum Gasteiger partial charge on any atom is -0.310 e. The zero-order chi connectivity index (χ0) is 13.5. The molecule has 0 aliphatic carbocycles. The van der Waals surface area contributed by atoms with Crippen LogP contribution >= 0.6 is 23.4 Å². The molecular formula is C16H24ClNS. The van der Waals surface area contributed by atoms with Gasteiger partial charge < -0.3 is 5.32 Å². The summed E-state index contributed by atoms with van der Waals surface area (Å²) in [5, 5.41) is 4.53. The van der Waals surface area contributed by atoms with Gasteiger partial charge in [0.15, 0.2) is 0 Å². The molecule has 0 saturated carbocycles. The fourth-order valence-corrected chi connectivity index (χ4v) is 4.00. The van der Waals surface area contributed by atoms with E-state index < -0.39 is 0 Å². The summed E-state index contributed by atoms with van der Waals surface area (Å²) in [4.78, 5) is 0. The van der Waals surface area contributed by atoms with Crippen LogP contribution in [0.25, 0.3) is 0 Å². The largest absolute Gasteiger partial charge is 0.310 e. The lowest BCUT2D eigenvalue weighted by molar-refractivity contribution is 0.370. The van der Waals surface area contributed by atoms with Crippen molar-refractivity contribution in [3.05, 3.63) is 34.9 Å². The Balaban J connectivity index is 1.99. The molecule has 1 unspecified atom stereocenters. The molecule has 1 nitrogen and oxygen atoms in total. The summed E-state index contributed by atoms with van der Waals surface area (Å²) in [7, 11) is 0. The van der Waals surface area contributed by atoms with Gasteiger partial charge in [0.25, 0.3) is 0 Å². The zero-order valence-electron chi connectivity index (χ0n) is 11.7. The fourth-order valence-electron chi connectivity index (χ4n) is 2.67. The second-order valence-corrected chi connectivity index (χ2v) is 7.01. The first-order valence-electron chi connectivity index (χ1n) is 7.36. The van der Waals surface area contributed by atoms with Crippen LogP contribution in [0.15, 0.2) is 24.3 Å². The molecular weight excluding hydrogens is 274 g/mol. The Bertz CT molecular complexity index is 360. The third-order valence-electron chi connectivity index (χ3n) is 3.82. The second kappa shape index (κ2) is 8.18. The van der Waals surface area contributed by atoms with E-state index in [0.29, 0.717) is 6.04 Å². The molecule has 0 aromatic heterocycles. The van der Waals surface area contributed by atoms with Crippen molar-refractivity contribution in [2.24, 2.45) is 5.92 Å². The third-order valence-corrected chi connectivity index (χ3v) is 5.12. The zero-order valence-corrected chi connectivity index (χ0v) is 13.3. The Morgan fingerprint density at radius 1 is 1.26 bits per heavy atom. The quantitative estimate of drug-likeness (QED) is 0.800. The molecule has 2 rings (SSSR count). The van der Waals surface area contributed by atoms with Gasteiger partial charge in [-0.2, -0.15) is 11.8 Å². The van der Waals surface area contributed by atoms with Gasteiger partial charge in [-0.1, -0.05) is 30.7 Å². The summed E-state index contributed by atoms with van der Waals surface area (Å²) in [6.07, 6.45) is 5.21. The number of halogens is 1. The van der Waals surface area contributed by atoms with E-state index in [9.17, 15) is 0 Å². The number of hydrogen-bond donors (Lipinski definition) is 1. The van der Waals surface area contributed by atoms with E-state index in [1.54, 1.807) is 0 Å². The summed E-state index contributed by atoms with van der Waals surface area (Å²) in [5.74, 6) is 3.56. The van der Waals surface area contributed by atoms with Gasteiger partial charge in [0.1, 0.15) is 0 Å². The molecule has 19 heavy (non-hydrogen) atoms. The predicted octanol–water partition coefficient (Wildman–Crippen LogP) is 4.91. The summed E-state index contributed by atoms with van der Waals surface area (Å²) >= 11 is 8.09. The van der Waals surface area contributed by atoms with Crippen LogP contribution in [0.1, 0.15) is 44.2 Å². The van der Waals surface area contributed by atoms with Crippen LogP contribution in [0.5, 0.6) is 0 Å². The minimum atomic E-state index is 0.491. The van der Waals surface area contributed by atoms with Gasteiger partial charge in [-0.3, -0.25) is 0 Å². The Labute approximate surface area is 126 Å². The van der Waals surface area contributed by atoms with Gasteiger partial charge in [-0.05, 0) is 67.3 Å². The average molecular weight is 298 g/mol. The van der Waals surface area contributed by atoms with Gasteiger partial charge in [0.05, 0.1) is 0 Å². The van der Waals surface area contributed by atoms with Gasteiger partial charge in [-0.15, -0.1) is 0 Å². The van der Waals surface area contributed by atoms with Crippen molar-refractivity contribution < 1.29 is 0 Å². The van der Waals surface area contributed by atoms with Crippen LogP contribution in [-0.2, 0) is 0 Å². The Morgan fingerprint density at radius 3 is 2.58 bits per heavy atom. The Hall–Kier alpha value is -0.180.